The normalized spacial score (nSPS) is 22.1. The van der Waals surface area contributed by atoms with Crippen molar-refractivity contribution < 1.29 is 13.7 Å². The predicted molar refractivity (Wildman–Crippen MR) is 96.1 cm³/mol. The van der Waals surface area contributed by atoms with Gasteiger partial charge in [-0.05, 0) is 25.7 Å². The number of benzene rings is 1. The zero-order chi connectivity index (χ0) is 18.2. The summed E-state index contributed by atoms with van der Waals surface area (Å²) in [4.78, 5) is 12.4. The predicted octanol–water partition coefficient (Wildman–Crippen LogP) is 3.67. The fourth-order valence-corrected chi connectivity index (χ4v) is 3.55. The lowest BCUT2D eigenvalue weighted by atomic mass is 9.80. The van der Waals surface area contributed by atoms with E-state index in [4.69, 9.17) is 8.94 Å². The maximum atomic E-state index is 12.4. The average molecular weight is 364 g/mol. The molecule has 0 atom stereocenters. The van der Waals surface area contributed by atoms with Crippen molar-refractivity contribution in [2.45, 2.75) is 50.0 Å². The Hall–Kier alpha value is -2.96. The highest BCUT2D eigenvalue weighted by molar-refractivity contribution is 5.93. The van der Waals surface area contributed by atoms with E-state index >= 15 is 0 Å². The summed E-state index contributed by atoms with van der Waals surface area (Å²) < 4.78 is 11.1. The van der Waals surface area contributed by atoms with Crippen molar-refractivity contribution in [2.24, 2.45) is 0 Å². The van der Waals surface area contributed by atoms with Crippen LogP contribution in [-0.2, 0) is 0 Å². The van der Waals surface area contributed by atoms with Gasteiger partial charge in [-0.3, -0.25) is 4.79 Å². The maximum absolute atomic E-state index is 12.4. The van der Waals surface area contributed by atoms with E-state index in [-0.39, 0.29) is 17.9 Å². The summed E-state index contributed by atoms with van der Waals surface area (Å²) in [6, 6.07) is 11.4. The topological polar surface area (TPSA) is 94.1 Å². The first-order valence-electron chi connectivity index (χ1n) is 9.42. The Morgan fingerprint density at radius 3 is 2.48 bits per heavy atom. The summed E-state index contributed by atoms with van der Waals surface area (Å²) in [5.41, 5.74) is 1.19. The van der Waals surface area contributed by atoms with Gasteiger partial charge in [0.25, 0.3) is 5.91 Å². The van der Waals surface area contributed by atoms with Crippen LogP contribution in [0.5, 0.6) is 0 Å². The van der Waals surface area contributed by atoms with E-state index in [1.54, 1.807) is 6.07 Å². The van der Waals surface area contributed by atoms with E-state index in [1.807, 2.05) is 30.3 Å². The third kappa shape index (κ3) is 3.13. The molecule has 7 nitrogen and oxygen atoms in total. The van der Waals surface area contributed by atoms with Crippen molar-refractivity contribution in [3.63, 3.8) is 0 Å². The highest BCUT2D eigenvalue weighted by atomic mass is 16.5. The van der Waals surface area contributed by atoms with E-state index < -0.39 is 0 Å². The lowest BCUT2D eigenvalue weighted by Gasteiger charge is -2.33. The molecule has 0 aliphatic heterocycles. The molecule has 0 radical (unpaired) electrons. The van der Waals surface area contributed by atoms with Crippen molar-refractivity contribution in [2.75, 3.05) is 0 Å². The lowest BCUT2D eigenvalue weighted by molar-refractivity contribution is 0.0893. The largest absolute Gasteiger partial charge is 0.425 e. The molecule has 3 aromatic rings. The minimum absolute atomic E-state index is 0.0958. The second-order valence-corrected chi connectivity index (χ2v) is 7.39. The van der Waals surface area contributed by atoms with Crippen LogP contribution >= 0.6 is 0 Å². The molecule has 2 aliphatic carbocycles. The summed E-state index contributed by atoms with van der Waals surface area (Å²) in [5.74, 6) is 2.53. The van der Waals surface area contributed by atoms with Gasteiger partial charge < -0.3 is 14.3 Å². The molecule has 1 amide bonds. The lowest BCUT2D eigenvalue weighted by Crippen LogP contribution is -2.43. The number of rotatable bonds is 5. The standard InChI is InChI=1S/C20H20N4O3/c25-18(16-11-17(27-24-16)12-5-2-1-3-6-12)21-15-9-14(10-15)20-23-22-19(26-20)13-7-4-8-13/h1-3,5-6,11,13-15H,4,7-10H2,(H,21,25). The van der Waals surface area contributed by atoms with Gasteiger partial charge in [0.2, 0.25) is 11.8 Å². The van der Waals surface area contributed by atoms with Gasteiger partial charge >= 0.3 is 0 Å². The van der Waals surface area contributed by atoms with Gasteiger partial charge in [0, 0.05) is 29.5 Å². The molecule has 138 valence electrons. The Morgan fingerprint density at radius 2 is 1.78 bits per heavy atom. The Kier molecular flexibility index (Phi) is 3.99. The van der Waals surface area contributed by atoms with Crippen molar-refractivity contribution in [3.05, 3.63) is 53.9 Å². The highest BCUT2D eigenvalue weighted by Crippen LogP contribution is 2.40. The molecule has 0 saturated heterocycles. The minimum Gasteiger partial charge on any atom is -0.425 e. The molecular formula is C20H20N4O3. The second-order valence-electron chi connectivity index (χ2n) is 7.39. The Balaban J connectivity index is 1.16. The maximum Gasteiger partial charge on any atom is 0.273 e. The fraction of sp³-hybridized carbons (Fsp3) is 0.400. The summed E-state index contributed by atoms with van der Waals surface area (Å²) in [7, 11) is 0. The van der Waals surface area contributed by atoms with E-state index in [0.717, 1.165) is 37.1 Å². The fourth-order valence-electron chi connectivity index (χ4n) is 3.55. The van der Waals surface area contributed by atoms with Crippen molar-refractivity contribution in [3.8, 4) is 11.3 Å². The third-order valence-corrected chi connectivity index (χ3v) is 5.53. The number of aromatic nitrogens is 3. The van der Waals surface area contributed by atoms with E-state index in [0.29, 0.717) is 23.3 Å². The van der Waals surface area contributed by atoms with Gasteiger partial charge in [-0.25, -0.2) is 0 Å². The first-order chi connectivity index (χ1) is 13.3. The zero-order valence-electron chi connectivity index (χ0n) is 14.8. The Bertz CT molecular complexity index is 939. The Morgan fingerprint density at radius 1 is 1.04 bits per heavy atom. The first-order valence-corrected chi connectivity index (χ1v) is 9.42. The molecule has 5 rings (SSSR count). The number of nitrogens with zero attached hydrogens (tertiary/aromatic N) is 3. The van der Waals surface area contributed by atoms with Crippen molar-refractivity contribution in [1.29, 1.82) is 0 Å². The van der Waals surface area contributed by atoms with Crippen LogP contribution in [-0.4, -0.2) is 27.3 Å². The second kappa shape index (κ2) is 6.64. The Labute approximate surface area is 156 Å². The summed E-state index contributed by atoms with van der Waals surface area (Å²) in [5, 5.41) is 15.3. The summed E-state index contributed by atoms with van der Waals surface area (Å²) in [6.07, 6.45) is 5.15. The molecule has 2 heterocycles. The molecule has 2 saturated carbocycles. The van der Waals surface area contributed by atoms with Gasteiger partial charge in [0.1, 0.15) is 0 Å². The summed E-state index contributed by atoms with van der Waals surface area (Å²) in [6.45, 7) is 0. The average Bonchev–Trinajstić information content (AvgIpc) is 3.27. The van der Waals surface area contributed by atoms with Gasteiger partial charge in [-0.1, -0.05) is 41.9 Å². The van der Waals surface area contributed by atoms with E-state index in [9.17, 15) is 4.79 Å². The number of nitrogens with one attached hydrogen (secondary N) is 1. The highest BCUT2D eigenvalue weighted by Gasteiger charge is 2.36. The van der Waals surface area contributed by atoms with Crippen LogP contribution in [0.2, 0.25) is 0 Å². The molecule has 1 aromatic carbocycles. The van der Waals surface area contributed by atoms with Crippen LogP contribution in [0.3, 0.4) is 0 Å². The van der Waals surface area contributed by atoms with Crippen LogP contribution in [0, 0.1) is 0 Å². The smallest absolute Gasteiger partial charge is 0.273 e. The van der Waals surface area contributed by atoms with Crippen molar-refractivity contribution >= 4 is 5.91 Å². The first kappa shape index (κ1) is 16.2. The van der Waals surface area contributed by atoms with Crippen LogP contribution in [0.4, 0.5) is 0 Å². The molecule has 7 heteroatoms. The molecule has 0 unspecified atom stereocenters. The third-order valence-electron chi connectivity index (χ3n) is 5.53. The molecular weight excluding hydrogens is 344 g/mol. The van der Waals surface area contributed by atoms with Gasteiger partial charge in [-0.2, -0.15) is 0 Å². The van der Waals surface area contributed by atoms with Gasteiger partial charge in [0.15, 0.2) is 11.5 Å². The molecule has 2 aliphatic rings. The number of hydrogen-bond acceptors (Lipinski definition) is 6. The number of hydrogen-bond donors (Lipinski definition) is 1. The van der Waals surface area contributed by atoms with Gasteiger partial charge in [-0.15, -0.1) is 10.2 Å². The van der Waals surface area contributed by atoms with E-state index in [2.05, 4.69) is 20.7 Å². The summed E-state index contributed by atoms with van der Waals surface area (Å²) >= 11 is 0. The van der Waals surface area contributed by atoms with Gasteiger partial charge in [0.05, 0.1) is 0 Å². The molecule has 27 heavy (non-hydrogen) atoms. The zero-order valence-corrected chi connectivity index (χ0v) is 14.8. The SMILES string of the molecule is O=C(NC1CC(c2nnc(C3CCC3)o2)C1)c1cc(-c2ccccc2)on1. The van der Waals surface area contributed by atoms with Crippen LogP contribution < -0.4 is 5.32 Å². The molecule has 0 bridgehead atoms. The monoisotopic (exact) mass is 364 g/mol. The van der Waals surface area contributed by atoms with Crippen LogP contribution in [0.1, 0.15) is 66.2 Å². The molecule has 1 N–H and O–H groups in total. The molecule has 0 spiro atoms. The quantitative estimate of drug-likeness (QED) is 0.742. The number of amides is 1. The molecule has 2 fully saturated rings. The minimum atomic E-state index is -0.218. The van der Waals surface area contributed by atoms with E-state index in [1.165, 1.54) is 6.42 Å². The van der Waals surface area contributed by atoms with Crippen LogP contribution in [0.25, 0.3) is 11.3 Å². The number of carbonyl (C=O) groups excluding carboxylic acids is 1. The van der Waals surface area contributed by atoms with Crippen LogP contribution in [0.15, 0.2) is 45.3 Å². The molecule has 2 aromatic heterocycles. The number of carbonyl (C=O) groups is 1. The van der Waals surface area contributed by atoms with Crippen molar-refractivity contribution in [1.82, 2.24) is 20.7 Å².